The minimum Gasteiger partial charge on any atom is -0.494 e. The third kappa shape index (κ3) is 12.4. The fourth-order valence-electron chi connectivity index (χ4n) is 3.67. The molecule has 1 aromatic carbocycles. The van der Waals surface area contributed by atoms with Crippen molar-refractivity contribution in [3.63, 3.8) is 0 Å². The number of pyridine rings is 1. The van der Waals surface area contributed by atoms with Crippen LogP contribution >= 0.6 is 25.0 Å². The summed E-state index contributed by atoms with van der Waals surface area (Å²) in [4.78, 5) is 4.34. The average molecular weight is 438 g/mol. The predicted molar refractivity (Wildman–Crippen MR) is 133 cm³/mol. The first-order valence-corrected chi connectivity index (χ1v) is 12.1. The zero-order valence-electron chi connectivity index (χ0n) is 18.0. The van der Waals surface area contributed by atoms with Crippen molar-refractivity contribution in [1.29, 1.82) is 0 Å². The van der Waals surface area contributed by atoms with E-state index in [0.717, 1.165) is 35.4 Å². The maximum Gasteiger partial charge on any atom is 0.120 e. The molecule has 0 unspecified atom stereocenters. The van der Waals surface area contributed by atoms with Crippen LogP contribution in [0.25, 0.3) is 10.9 Å². The van der Waals surface area contributed by atoms with E-state index in [0.29, 0.717) is 0 Å². The normalized spacial score (nSPS) is 10.8. The monoisotopic (exact) mass is 437 g/mol. The number of hydrogen-bond donors (Lipinski definition) is 1. The molecular weight excluding hydrogens is 398 g/mol. The van der Waals surface area contributed by atoms with Crippen LogP contribution in [0.3, 0.4) is 0 Å². The van der Waals surface area contributed by atoms with Crippen molar-refractivity contribution < 1.29 is 4.74 Å². The molecule has 0 saturated carbocycles. The van der Waals surface area contributed by atoms with Crippen molar-refractivity contribution in [2.75, 3.05) is 12.4 Å². The van der Waals surface area contributed by atoms with Gasteiger partial charge in [0, 0.05) is 11.6 Å². The molecule has 1 heterocycles. The van der Waals surface area contributed by atoms with Crippen molar-refractivity contribution in [3.05, 3.63) is 36.5 Å². The Bertz CT molecular complexity index is 637. The van der Waals surface area contributed by atoms with Crippen molar-refractivity contribution >= 4 is 35.9 Å². The lowest BCUT2D eigenvalue weighted by molar-refractivity contribution is 0.304. The van der Waals surface area contributed by atoms with Gasteiger partial charge >= 0.3 is 0 Å². The van der Waals surface area contributed by atoms with E-state index in [4.69, 9.17) is 4.74 Å². The van der Waals surface area contributed by atoms with Crippen LogP contribution in [0.4, 0.5) is 0 Å². The lowest BCUT2D eigenvalue weighted by Gasteiger charge is -2.07. The fraction of sp³-hybridized carbons (Fsp3) is 0.640. The van der Waals surface area contributed by atoms with Crippen LogP contribution in [-0.2, 0) is 0 Å². The molecule has 0 spiro atoms. The number of fused-ring (bicyclic) bond motifs is 1. The largest absolute Gasteiger partial charge is 0.494 e. The average Bonchev–Trinajstić information content (AvgIpc) is 2.73. The molecule has 29 heavy (non-hydrogen) atoms. The molecule has 0 fully saturated rings. The maximum absolute atomic E-state index is 5.90. The van der Waals surface area contributed by atoms with Crippen LogP contribution in [0.1, 0.15) is 89.9 Å². The van der Waals surface area contributed by atoms with Gasteiger partial charge < -0.3 is 4.74 Å². The minimum atomic E-state index is 0. The summed E-state index contributed by atoms with van der Waals surface area (Å²) in [5, 5.41) is 1.15. The van der Waals surface area contributed by atoms with Gasteiger partial charge in [0.2, 0.25) is 0 Å². The highest BCUT2D eigenvalue weighted by Crippen LogP contribution is 2.19. The molecule has 0 radical (unpaired) electrons. The van der Waals surface area contributed by atoms with Crippen LogP contribution in [0.5, 0.6) is 5.75 Å². The highest BCUT2D eigenvalue weighted by molar-refractivity contribution is 7.80. The van der Waals surface area contributed by atoms with E-state index in [1.54, 1.807) is 0 Å². The first kappa shape index (κ1) is 26.1. The molecule has 0 amide bonds. The zero-order valence-corrected chi connectivity index (χ0v) is 19.7. The molecule has 2 aromatic rings. The number of thiol groups is 1. The van der Waals surface area contributed by atoms with Gasteiger partial charge in [0.1, 0.15) is 5.75 Å². The van der Waals surface area contributed by atoms with Crippen LogP contribution in [0.15, 0.2) is 36.5 Å². The molecule has 0 aliphatic carbocycles. The fourth-order valence-corrected chi connectivity index (χ4v) is 3.89. The number of benzene rings is 1. The van der Waals surface area contributed by atoms with E-state index in [1.165, 1.54) is 83.5 Å². The standard InChI is InChI=1S/C25H39NOS.ClH/c28-21-14-12-10-8-6-4-2-1-3-5-7-9-11-13-20-27-24-17-18-25-23(22-24)16-15-19-26-25;/h15-19,22,28H,1-14,20-21H2;1H. The Balaban J connectivity index is 0.00000420. The van der Waals surface area contributed by atoms with Gasteiger partial charge in [-0.25, -0.2) is 0 Å². The molecule has 164 valence electrons. The number of halogens is 1. The summed E-state index contributed by atoms with van der Waals surface area (Å²) in [6.07, 6.45) is 21.0. The molecule has 0 bridgehead atoms. The van der Waals surface area contributed by atoms with Crippen LogP contribution in [0, 0.1) is 0 Å². The first-order chi connectivity index (χ1) is 13.9. The number of hydrogen-bond acceptors (Lipinski definition) is 3. The molecule has 0 atom stereocenters. The molecule has 2 rings (SSSR count). The van der Waals surface area contributed by atoms with Crippen molar-refractivity contribution in [2.24, 2.45) is 0 Å². The second kappa shape index (κ2) is 17.9. The molecule has 4 heteroatoms. The molecule has 1 aromatic heterocycles. The SMILES string of the molecule is Cl.SCCCCCCCCCCCCCCCCOc1ccc2ncccc2c1. The predicted octanol–water partition coefficient (Wildman–Crippen LogP) is 8.43. The van der Waals surface area contributed by atoms with Crippen LogP contribution < -0.4 is 4.74 Å². The highest BCUT2D eigenvalue weighted by Gasteiger charge is 1.98. The summed E-state index contributed by atoms with van der Waals surface area (Å²) in [6, 6.07) is 10.2. The summed E-state index contributed by atoms with van der Waals surface area (Å²) < 4.78 is 5.90. The van der Waals surface area contributed by atoms with E-state index < -0.39 is 0 Å². The van der Waals surface area contributed by atoms with E-state index >= 15 is 0 Å². The Morgan fingerprint density at radius 3 is 1.83 bits per heavy atom. The highest BCUT2D eigenvalue weighted by atomic mass is 35.5. The smallest absolute Gasteiger partial charge is 0.120 e. The van der Waals surface area contributed by atoms with Gasteiger partial charge in [0.25, 0.3) is 0 Å². The van der Waals surface area contributed by atoms with Crippen molar-refractivity contribution in [1.82, 2.24) is 4.98 Å². The third-order valence-corrected chi connectivity index (χ3v) is 5.71. The van der Waals surface area contributed by atoms with Crippen molar-refractivity contribution in [3.8, 4) is 5.75 Å². The number of aromatic nitrogens is 1. The molecular formula is C25H40ClNOS. The second-order valence-corrected chi connectivity index (χ2v) is 8.33. The summed E-state index contributed by atoms with van der Waals surface area (Å²) >= 11 is 4.26. The third-order valence-electron chi connectivity index (χ3n) is 5.40. The summed E-state index contributed by atoms with van der Waals surface area (Å²) in [7, 11) is 0. The van der Waals surface area contributed by atoms with Gasteiger partial charge in [-0.1, -0.05) is 83.1 Å². The zero-order chi connectivity index (χ0) is 19.7. The summed E-state index contributed by atoms with van der Waals surface area (Å²) in [6.45, 7) is 0.819. The number of ether oxygens (including phenoxy) is 1. The molecule has 0 N–H and O–H groups in total. The Hall–Kier alpha value is -0.930. The van der Waals surface area contributed by atoms with E-state index in [1.807, 2.05) is 24.4 Å². The molecule has 2 nitrogen and oxygen atoms in total. The van der Waals surface area contributed by atoms with E-state index in [-0.39, 0.29) is 12.4 Å². The summed E-state index contributed by atoms with van der Waals surface area (Å²) in [5.74, 6) is 2.01. The Morgan fingerprint density at radius 1 is 0.690 bits per heavy atom. The molecule has 0 saturated heterocycles. The van der Waals surface area contributed by atoms with Crippen molar-refractivity contribution in [2.45, 2.75) is 89.9 Å². The number of unbranched alkanes of at least 4 members (excludes halogenated alkanes) is 13. The van der Waals surface area contributed by atoms with Gasteiger partial charge in [-0.05, 0) is 42.9 Å². The van der Waals surface area contributed by atoms with Gasteiger partial charge in [0.15, 0.2) is 0 Å². The van der Waals surface area contributed by atoms with Gasteiger partial charge in [-0.3, -0.25) is 4.98 Å². The van der Waals surface area contributed by atoms with E-state index in [9.17, 15) is 0 Å². The number of nitrogens with zero attached hydrogens (tertiary/aromatic N) is 1. The number of rotatable bonds is 17. The van der Waals surface area contributed by atoms with Gasteiger partial charge in [-0.15, -0.1) is 12.4 Å². The second-order valence-electron chi connectivity index (χ2n) is 7.88. The lowest BCUT2D eigenvalue weighted by atomic mass is 10.0. The molecule has 0 aliphatic rings. The maximum atomic E-state index is 5.90. The van der Waals surface area contributed by atoms with E-state index in [2.05, 4.69) is 29.7 Å². The topological polar surface area (TPSA) is 22.1 Å². The van der Waals surface area contributed by atoms with Crippen LogP contribution in [0.2, 0.25) is 0 Å². The summed E-state index contributed by atoms with van der Waals surface area (Å²) in [5.41, 5.74) is 1.03. The molecule has 0 aliphatic heterocycles. The first-order valence-electron chi connectivity index (χ1n) is 11.5. The quantitative estimate of drug-likeness (QED) is 0.198. The Labute approximate surface area is 190 Å². The Kier molecular flexibility index (Phi) is 16.1. The Morgan fingerprint density at radius 2 is 1.24 bits per heavy atom. The lowest BCUT2D eigenvalue weighted by Crippen LogP contribution is -1.97. The minimum absolute atomic E-state index is 0. The van der Waals surface area contributed by atoms with Gasteiger partial charge in [-0.2, -0.15) is 12.6 Å². The van der Waals surface area contributed by atoms with Gasteiger partial charge in [0.05, 0.1) is 12.1 Å². The van der Waals surface area contributed by atoms with Crippen LogP contribution in [-0.4, -0.2) is 17.3 Å².